The Bertz CT molecular complexity index is 585. The van der Waals surface area contributed by atoms with Crippen molar-refractivity contribution in [2.24, 2.45) is 5.73 Å². The molecule has 1 aromatic heterocycles. The van der Waals surface area contributed by atoms with E-state index in [4.69, 9.17) is 17.3 Å². The summed E-state index contributed by atoms with van der Waals surface area (Å²) < 4.78 is 1.08. The average Bonchev–Trinajstić information content (AvgIpc) is 2.74. The molecule has 0 saturated carbocycles. The minimum Gasteiger partial charge on any atom is -0.380 e. The van der Waals surface area contributed by atoms with Gasteiger partial charge >= 0.3 is 0 Å². The standard InChI is InChI=1S/C12H10BrClN2OS/c13-11-3-7(6-18-11)5-16-10-4-8(12(15)17)1-2-9(10)14/h1-4,6,16H,5H2,(H2,15,17). The molecule has 2 rings (SSSR count). The second-order valence-electron chi connectivity index (χ2n) is 3.67. The predicted octanol–water partition coefficient (Wildman–Crippen LogP) is 3.88. The zero-order valence-electron chi connectivity index (χ0n) is 9.24. The maximum absolute atomic E-state index is 11.1. The Morgan fingerprint density at radius 1 is 1.44 bits per heavy atom. The van der Waals surface area contributed by atoms with E-state index in [1.807, 2.05) is 11.4 Å². The Morgan fingerprint density at radius 3 is 2.83 bits per heavy atom. The molecule has 0 fully saturated rings. The van der Waals surface area contributed by atoms with Crippen LogP contribution in [0.1, 0.15) is 15.9 Å². The molecule has 1 aromatic carbocycles. The molecule has 0 bridgehead atoms. The number of hydrogen-bond acceptors (Lipinski definition) is 3. The maximum atomic E-state index is 11.1. The largest absolute Gasteiger partial charge is 0.380 e. The summed E-state index contributed by atoms with van der Waals surface area (Å²) in [6, 6.07) is 6.96. The summed E-state index contributed by atoms with van der Waals surface area (Å²) in [6.45, 7) is 0.643. The lowest BCUT2D eigenvalue weighted by Crippen LogP contribution is -2.11. The van der Waals surface area contributed by atoms with Crippen molar-refractivity contribution in [1.29, 1.82) is 0 Å². The van der Waals surface area contributed by atoms with Gasteiger partial charge in [0.05, 0.1) is 14.5 Å². The molecule has 1 heterocycles. The number of amides is 1. The molecule has 18 heavy (non-hydrogen) atoms. The Hall–Kier alpha value is -1.04. The van der Waals surface area contributed by atoms with Crippen LogP contribution in [-0.4, -0.2) is 5.91 Å². The van der Waals surface area contributed by atoms with Crippen molar-refractivity contribution in [2.75, 3.05) is 5.32 Å². The average molecular weight is 346 g/mol. The van der Waals surface area contributed by atoms with Gasteiger partial charge < -0.3 is 11.1 Å². The van der Waals surface area contributed by atoms with Crippen molar-refractivity contribution < 1.29 is 4.79 Å². The molecule has 0 aliphatic heterocycles. The fraction of sp³-hybridized carbons (Fsp3) is 0.0833. The van der Waals surface area contributed by atoms with Crippen LogP contribution in [-0.2, 0) is 6.54 Å². The summed E-state index contributed by atoms with van der Waals surface area (Å²) in [7, 11) is 0. The lowest BCUT2D eigenvalue weighted by atomic mass is 10.2. The van der Waals surface area contributed by atoms with E-state index in [1.54, 1.807) is 29.5 Å². The van der Waals surface area contributed by atoms with Gasteiger partial charge in [-0.2, -0.15) is 0 Å². The quantitative estimate of drug-likeness (QED) is 0.883. The smallest absolute Gasteiger partial charge is 0.248 e. The molecule has 0 spiro atoms. The van der Waals surface area contributed by atoms with Crippen LogP contribution in [0.5, 0.6) is 0 Å². The lowest BCUT2D eigenvalue weighted by molar-refractivity contribution is 0.100. The van der Waals surface area contributed by atoms with Crippen LogP contribution in [0, 0.1) is 0 Å². The minimum absolute atomic E-state index is 0.438. The van der Waals surface area contributed by atoms with Crippen LogP contribution in [0.3, 0.4) is 0 Å². The van der Waals surface area contributed by atoms with Gasteiger partial charge in [0, 0.05) is 12.1 Å². The van der Waals surface area contributed by atoms with Gasteiger partial charge in [0.2, 0.25) is 5.91 Å². The first-order valence-corrected chi connectivity index (χ1v) is 7.17. The summed E-state index contributed by atoms with van der Waals surface area (Å²) in [5, 5.41) is 5.79. The third-order valence-electron chi connectivity index (χ3n) is 2.36. The van der Waals surface area contributed by atoms with E-state index in [0.29, 0.717) is 22.8 Å². The molecule has 0 aliphatic carbocycles. The first-order valence-electron chi connectivity index (χ1n) is 5.12. The normalized spacial score (nSPS) is 10.3. The van der Waals surface area contributed by atoms with Crippen LogP contribution in [0.25, 0.3) is 0 Å². The molecule has 2 aromatic rings. The highest BCUT2D eigenvalue weighted by molar-refractivity contribution is 9.11. The molecular weight excluding hydrogens is 336 g/mol. The zero-order valence-corrected chi connectivity index (χ0v) is 12.4. The summed E-state index contributed by atoms with van der Waals surface area (Å²) >= 11 is 11.1. The van der Waals surface area contributed by atoms with Crippen LogP contribution >= 0.6 is 38.9 Å². The Labute approximate surface area is 122 Å². The Kier molecular flexibility index (Phi) is 4.27. The molecule has 3 N–H and O–H groups in total. The molecule has 94 valence electrons. The third kappa shape index (κ3) is 3.25. The van der Waals surface area contributed by atoms with Crippen molar-refractivity contribution >= 4 is 50.5 Å². The van der Waals surface area contributed by atoms with Crippen LogP contribution in [0.15, 0.2) is 33.4 Å². The first kappa shape index (κ1) is 13.4. The lowest BCUT2D eigenvalue weighted by Gasteiger charge is -2.08. The number of rotatable bonds is 4. The van der Waals surface area contributed by atoms with Crippen molar-refractivity contribution in [3.05, 3.63) is 49.6 Å². The molecule has 3 nitrogen and oxygen atoms in total. The number of carbonyl (C=O) groups excluding carboxylic acids is 1. The topological polar surface area (TPSA) is 55.1 Å². The van der Waals surface area contributed by atoms with Gasteiger partial charge in [-0.1, -0.05) is 11.6 Å². The van der Waals surface area contributed by atoms with Crippen LogP contribution < -0.4 is 11.1 Å². The van der Waals surface area contributed by atoms with Crippen LogP contribution in [0.4, 0.5) is 5.69 Å². The van der Waals surface area contributed by atoms with Gasteiger partial charge in [0.1, 0.15) is 0 Å². The van der Waals surface area contributed by atoms with E-state index >= 15 is 0 Å². The summed E-state index contributed by atoms with van der Waals surface area (Å²) in [4.78, 5) is 11.1. The first-order chi connectivity index (χ1) is 8.56. The number of halogens is 2. The Balaban J connectivity index is 2.13. The number of thiophene rings is 1. The SMILES string of the molecule is NC(=O)c1ccc(Cl)c(NCc2csc(Br)c2)c1. The minimum atomic E-state index is -0.465. The number of carbonyl (C=O) groups is 1. The van der Waals surface area contributed by atoms with Crippen LogP contribution in [0.2, 0.25) is 5.02 Å². The fourth-order valence-corrected chi connectivity index (χ4v) is 2.84. The van der Waals surface area contributed by atoms with E-state index in [1.165, 1.54) is 0 Å². The second kappa shape index (κ2) is 5.73. The molecule has 1 amide bonds. The number of nitrogens with one attached hydrogen (secondary N) is 1. The van der Waals surface area contributed by atoms with Crippen molar-refractivity contribution in [2.45, 2.75) is 6.54 Å². The second-order valence-corrected chi connectivity index (χ2v) is 6.37. The van der Waals surface area contributed by atoms with E-state index in [9.17, 15) is 4.79 Å². The van der Waals surface area contributed by atoms with E-state index in [2.05, 4.69) is 21.2 Å². The van der Waals surface area contributed by atoms with Gasteiger partial charge in [-0.3, -0.25) is 4.79 Å². The van der Waals surface area contributed by atoms with Gasteiger partial charge in [-0.25, -0.2) is 0 Å². The van der Waals surface area contributed by atoms with E-state index < -0.39 is 5.91 Å². The molecule has 0 radical (unpaired) electrons. The number of hydrogen-bond donors (Lipinski definition) is 2. The monoisotopic (exact) mass is 344 g/mol. The van der Waals surface area contributed by atoms with Gasteiger partial charge in [-0.15, -0.1) is 11.3 Å². The van der Waals surface area contributed by atoms with Gasteiger partial charge in [-0.05, 0) is 51.1 Å². The number of nitrogens with two attached hydrogens (primary N) is 1. The third-order valence-corrected chi connectivity index (χ3v) is 4.24. The Morgan fingerprint density at radius 2 is 2.22 bits per heavy atom. The highest BCUT2D eigenvalue weighted by Crippen LogP contribution is 2.25. The van der Waals surface area contributed by atoms with Gasteiger partial charge in [0.25, 0.3) is 0 Å². The number of primary amides is 1. The van der Waals surface area contributed by atoms with Crippen molar-refractivity contribution in [1.82, 2.24) is 0 Å². The molecule has 0 atom stereocenters. The zero-order chi connectivity index (χ0) is 13.1. The number of anilines is 1. The van der Waals surface area contributed by atoms with Crippen molar-refractivity contribution in [3.63, 3.8) is 0 Å². The van der Waals surface area contributed by atoms with Crippen molar-refractivity contribution in [3.8, 4) is 0 Å². The molecule has 0 unspecified atom stereocenters. The highest BCUT2D eigenvalue weighted by Gasteiger charge is 2.06. The summed E-state index contributed by atoms with van der Waals surface area (Å²) in [5.41, 5.74) is 7.52. The predicted molar refractivity (Wildman–Crippen MR) is 79.3 cm³/mol. The summed E-state index contributed by atoms with van der Waals surface area (Å²) in [5.74, 6) is -0.465. The fourth-order valence-electron chi connectivity index (χ4n) is 1.45. The molecule has 0 saturated heterocycles. The van der Waals surface area contributed by atoms with E-state index in [0.717, 1.165) is 9.35 Å². The molecule has 6 heteroatoms. The van der Waals surface area contributed by atoms with E-state index in [-0.39, 0.29) is 0 Å². The molecule has 0 aliphatic rings. The maximum Gasteiger partial charge on any atom is 0.248 e. The highest BCUT2D eigenvalue weighted by atomic mass is 79.9. The molecular formula is C12H10BrClN2OS. The van der Waals surface area contributed by atoms with Gasteiger partial charge in [0.15, 0.2) is 0 Å². The summed E-state index contributed by atoms with van der Waals surface area (Å²) in [6.07, 6.45) is 0. The number of benzene rings is 1.